The van der Waals surface area contributed by atoms with Gasteiger partial charge < -0.3 is 9.84 Å². The number of hydrogen-bond donors (Lipinski definition) is 1. The van der Waals surface area contributed by atoms with Crippen molar-refractivity contribution >= 4 is 12.0 Å². The molecule has 1 aromatic heterocycles. The number of fused-ring (bicyclic) bond motifs is 1. The molecule has 2 rings (SSSR count). The lowest BCUT2D eigenvalue weighted by molar-refractivity contribution is 0.0129. The minimum absolute atomic E-state index is 0.236. The van der Waals surface area contributed by atoms with Gasteiger partial charge in [0, 0.05) is 5.56 Å². The lowest BCUT2D eigenvalue weighted by atomic mass is 10.1. The molecule has 1 aliphatic rings. The van der Waals surface area contributed by atoms with Gasteiger partial charge in [0.05, 0.1) is 24.9 Å². The average molecular weight is 325 g/mol. The van der Waals surface area contributed by atoms with Gasteiger partial charge in [-0.25, -0.2) is 9.69 Å². The molecule has 2 heterocycles. The molecule has 0 bridgehead atoms. The zero-order valence-corrected chi connectivity index (χ0v) is 15.0. The first-order valence-corrected chi connectivity index (χ1v) is 7.89. The molecular formula is C16H27N3O4. The molecule has 1 atom stereocenters. The Balaban J connectivity index is 0.00000127. The van der Waals surface area contributed by atoms with Crippen LogP contribution in [-0.2, 0) is 17.9 Å². The van der Waals surface area contributed by atoms with Gasteiger partial charge in [-0.15, -0.1) is 0 Å². The summed E-state index contributed by atoms with van der Waals surface area (Å²) >= 11 is 0. The van der Waals surface area contributed by atoms with E-state index in [0.717, 1.165) is 4.90 Å². The first-order valence-electron chi connectivity index (χ1n) is 7.89. The van der Waals surface area contributed by atoms with Crippen LogP contribution in [0.4, 0.5) is 4.79 Å². The quantitative estimate of drug-likeness (QED) is 0.857. The van der Waals surface area contributed by atoms with Crippen molar-refractivity contribution < 1.29 is 19.4 Å². The van der Waals surface area contributed by atoms with Gasteiger partial charge in [0.2, 0.25) is 0 Å². The van der Waals surface area contributed by atoms with Crippen molar-refractivity contribution in [2.45, 2.75) is 73.3 Å². The van der Waals surface area contributed by atoms with E-state index in [1.165, 1.54) is 0 Å². The number of hydrogen-bond acceptors (Lipinski definition) is 5. The Morgan fingerprint density at radius 3 is 2.43 bits per heavy atom. The van der Waals surface area contributed by atoms with Crippen molar-refractivity contribution in [3.8, 4) is 0 Å². The van der Waals surface area contributed by atoms with Crippen LogP contribution in [0.15, 0.2) is 0 Å². The summed E-state index contributed by atoms with van der Waals surface area (Å²) in [7, 11) is 0. The first kappa shape index (κ1) is 19.2. The number of carbonyl (C=O) groups excluding carboxylic acids is 2. The van der Waals surface area contributed by atoms with Gasteiger partial charge in [0.15, 0.2) is 0 Å². The minimum Gasteiger partial charge on any atom is -0.443 e. The molecule has 0 saturated carbocycles. The highest BCUT2D eigenvalue weighted by Gasteiger charge is 2.39. The van der Waals surface area contributed by atoms with Gasteiger partial charge in [-0.1, -0.05) is 13.8 Å². The Labute approximate surface area is 137 Å². The summed E-state index contributed by atoms with van der Waals surface area (Å²) in [4.78, 5) is 25.9. The summed E-state index contributed by atoms with van der Waals surface area (Å²) in [5.74, 6) is -0.437. The van der Waals surface area contributed by atoms with E-state index in [0.29, 0.717) is 23.5 Å². The van der Waals surface area contributed by atoms with Crippen molar-refractivity contribution in [2.24, 2.45) is 0 Å². The molecular weight excluding hydrogens is 298 g/mol. The molecule has 0 aromatic carbocycles. The Kier molecular flexibility index (Phi) is 5.93. The molecule has 2 amide bonds. The third-order valence-electron chi connectivity index (χ3n) is 3.33. The molecule has 1 N–H and O–H groups in total. The SMILES string of the molecule is CC.Cc1c(CO)nn2c1C(=O)N(C(=O)OC(C)(C)C)C(C)C2. The molecule has 130 valence electrons. The number of aliphatic hydroxyl groups excluding tert-OH is 1. The van der Waals surface area contributed by atoms with E-state index in [2.05, 4.69) is 5.10 Å². The summed E-state index contributed by atoms with van der Waals surface area (Å²) in [6.45, 7) is 12.9. The largest absolute Gasteiger partial charge is 0.443 e. The van der Waals surface area contributed by atoms with Gasteiger partial charge in [0.1, 0.15) is 11.3 Å². The van der Waals surface area contributed by atoms with Crippen LogP contribution >= 0.6 is 0 Å². The number of imide groups is 1. The van der Waals surface area contributed by atoms with Gasteiger partial charge in [-0.05, 0) is 34.6 Å². The third-order valence-corrected chi connectivity index (χ3v) is 3.33. The predicted octanol–water partition coefficient (Wildman–Crippen LogP) is 2.49. The van der Waals surface area contributed by atoms with Crippen LogP contribution in [0.2, 0.25) is 0 Å². The van der Waals surface area contributed by atoms with Crippen molar-refractivity contribution in [1.82, 2.24) is 14.7 Å². The van der Waals surface area contributed by atoms with Gasteiger partial charge in [-0.2, -0.15) is 5.10 Å². The zero-order chi connectivity index (χ0) is 17.9. The molecule has 23 heavy (non-hydrogen) atoms. The fourth-order valence-corrected chi connectivity index (χ4v) is 2.37. The van der Waals surface area contributed by atoms with Gasteiger partial charge >= 0.3 is 6.09 Å². The molecule has 0 spiro atoms. The van der Waals surface area contributed by atoms with Crippen molar-refractivity contribution in [1.29, 1.82) is 0 Å². The average Bonchev–Trinajstić information content (AvgIpc) is 2.75. The van der Waals surface area contributed by atoms with Crippen LogP contribution in [0, 0.1) is 6.92 Å². The smallest absolute Gasteiger partial charge is 0.417 e. The van der Waals surface area contributed by atoms with Crippen LogP contribution in [-0.4, -0.2) is 43.4 Å². The van der Waals surface area contributed by atoms with E-state index in [9.17, 15) is 14.7 Å². The van der Waals surface area contributed by atoms with Crippen molar-refractivity contribution in [3.05, 3.63) is 17.0 Å². The van der Waals surface area contributed by atoms with E-state index >= 15 is 0 Å². The van der Waals surface area contributed by atoms with E-state index in [1.54, 1.807) is 39.3 Å². The van der Waals surface area contributed by atoms with Crippen LogP contribution in [0.25, 0.3) is 0 Å². The molecule has 1 unspecified atom stereocenters. The van der Waals surface area contributed by atoms with Crippen LogP contribution < -0.4 is 0 Å². The molecule has 7 heteroatoms. The maximum Gasteiger partial charge on any atom is 0.417 e. The summed E-state index contributed by atoms with van der Waals surface area (Å²) in [6, 6.07) is -0.356. The standard InChI is InChI=1S/C14H21N3O4.C2H6/c1-8-6-16-11(9(2)10(7-18)15-16)12(19)17(8)13(20)21-14(3,4)5;1-2/h8,18H,6-7H2,1-5H3;1-2H3. The normalized spacial score (nSPS) is 17.3. The van der Waals surface area contributed by atoms with Crippen LogP contribution in [0.1, 0.15) is 63.3 Å². The van der Waals surface area contributed by atoms with Crippen molar-refractivity contribution in [3.63, 3.8) is 0 Å². The number of aliphatic hydroxyl groups is 1. The summed E-state index contributed by atoms with van der Waals surface area (Å²) in [5.41, 5.74) is 0.725. The van der Waals surface area contributed by atoms with E-state index in [-0.39, 0.29) is 12.6 Å². The van der Waals surface area contributed by atoms with Crippen molar-refractivity contribution in [2.75, 3.05) is 0 Å². The van der Waals surface area contributed by atoms with E-state index in [4.69, 9.17) is 4.74 Å². The van der Waals surface area contributed by atoms with E-state index < -0.39 is 17.6 Å². The number of ether oxygens (including phenoxy) is 1. The number of aromatic nitrogens is 2. The summed E-state index contributed by atoms with van der Waals surface area (Å²) in [5, 5.41) is 13.5. The second kappa shape index (κ2) is 7.12. The second-order valence-electron chi connectivity index (χ2n) is 6.27. The lowest BCUT2D eigenvalue weighted by Crippen LogP contribution is -2.51. The summed E-state index contributed by atoms with van der Waals surface area (Å²) < 4.78 is 6.84. The Morgan fingerprint density at radius 2 is 1.96 bits per heavy atom. The molecule has 0 aliphatic carbocycles. The topological polar surface area (TPSA) is 84.7 Å². The fourth-order valence-electron chi connectivity index (χ4n) is 2.37. The molecule has 0 radical (unpaired) electrons. The third kappa shape index (κ3) is 3.90. The Hall–Kier alpha value is -1.89. The molecule has 0 saturated heterocycles. The highest BCUT2D eigenvalue weighted by Crippen LogP contribution is 2.24. The number of carbonyl (C=O) groups is 2. The molecule has 0 fully saturated rings. The van der Waals surface area contributed by atoms with E-state index in [1.807, 2.05) is 13.8 Å². The predicted molar refractivity (Wildman–Crippen MR) is 86.1 cm³/mol. The highest BCUT2D eigenvalue weighted by molar-refractivity contribution is 6.03. The number of nitrogens with zero attached hydrogens (tertiary/aromatic N) is 3. The minimum atomic E-state index is -0.667. The number of rotatable bonds is 1. The van der Waals surface area contributed by atoms with Gasteiger partial charge in [0.25, 0.3) is 5.91 Å². The summed E-state index contributed by atoms with van der Waals surface area (Å²) in [6.07, 6.45) is -0.655. The van der Waals surface area contributed by atoms with Crippen LogP contribution in [0.5, 0.6) is 0 Å². The maximum atomic E-state index is 12.6. The zero-order valence-electron chi connectivity index (χ0n) is 15.0. The molecule has 1 aromatic rings. The van der Waals surface area contributed by atoms with Crippen LogP contribution in [0.3, 0.4) is 0 Å². The molecule has 7 nitrogen and oxygen atoms in total. The first-order chi connectivity index (χ1) is 10.7. The monoisotopic (exact) mass is 325 g/mol. The number of amides is 2. The lowest BCUT2D eigenvalue weighted by Gasteiger charge is -2.33. The highest BCUT2D eigenvalue weighted by atomic mass is 16.6. The van der Waals surface area contributed by atoms with Gasteiger partial charge in [-0.3, -0.25) is 9.48 Å². The second-order valence-corrected chi connectivity index (χ2v) is 6.27. The Bertz CT molecular complexity index is 587. The maximum absolute atomic E-state index is 12.6. The fraction of sp³-hybridized carbons (Fsp3) is 0.688. The molecule has 1 aliphatic heterocycles. The Morgan fingerprint density at radius 1 is 1.39 bits per heavy atom.